The summed E-state index contributed by atoms with van der Waals surface area (Å²) >= 11 is 4.19. The van der Waals surface area contributed by atoms with Gasteiger partial charge in [0.05, 0.1) is 0 Å². The maximum atomic E-state index is 4.19. The summed E-state index contributed by atoms with van der Waals surface area (Å²) in [5.74, 6) is 1.00. The Balaban J connectivity index is 2.12. The van der Waals surface area contributed by atoms with Gasteiger partial charge in [-0.3, -0.25) is 4.90 Å². The average Bonchev–Trinajstić information content (AvgIpc) is 2.64. The second-order valence-corrected chi connectivity index (χ2v) is 3.03. The maximum Gasteiger partial charge on any atom is 0.00966 e. The van der Waals surface area contributed by atoms with Crippen LogP contribution in [-0.4, -0.2) is 29.8 Å². The van der Waals surface area contributed by atoms with Crippen LogP contribution in [0.2, 0.25) is 0 Å². The molecule has 0 atom stereocenters. The van der Waals surface area contributed by atoms with Crippen molar-refractivity contribution in [2.45, 2.75) is 25.8 Å². The van der Waals surface area contributed by atoms with Crippen molar-refractivity contribution in [3.63, 3.8) is 0 Å². The van der Waals surface area contributed by atoms with Gasteiger partial charge in [-0.1, -0.05) is 6.92 Å². The maximum absolute atomic E-state index is 4.19. The molecular weight excluding hydrogens is 130 g/mol. The van der Waals surface area contributed by atoms with Crippen LogP contribution in [0.5, 0.6) is 0 Å². The first kappa shape index (κ1) is 7.42. The SMILES string of the molecule is CCN(CCS)C1CC1. The summed E-state index contributed by atoms with van der Waals surface area (Å²) in [5.41, 5.74) is 0. The Hall–Kier alpha value is 0.310. The summed E-state index contributed by atoms with van der Waals surface area (Å²) in [6, 6.07) is 0.919. The molecule has 0 heterocycles. The van der Waals surface area contributed by atoms with Crippen molar-refractivity contribution in [1.29, 1.82) is 0 Å². The molecule has 0 spiro atoms. The van der Waals surface area contributed by atoms with Gasteiger partial charge in [-0.2, -0.15) is 12.6 Å². The summed E-state index contributed by atoms with van der Waals surface area (Å²) in [5, 5.41) is 0. The lowest BCUT2D eigenvalue weighted by molar-refractivity contribution is 0.296. The van der Waals surface area contributed by atoms with Gasteiger partial charge in [-0.05, 0) is 19.4 Å². The molecule has 0 saturated heterocycles. The Morgan fingerprint density at radius 3 is 2.56 bits per heavy atom. The zero-order valence-electron chi connectivity index (χ0n) is 6.01. The standard InChI is InChI=1S/C7H15NS/c1-2-8(5-6-9)7-3-4-7/h7,9H,2-6H2,1H3. The minimum atomic E-state index is 0.919. The summed E-state index contributed by atoms with van der Waals surface area (Å²) in [7, 11) is 0. The van der Waals surface area contributed by atoms with Crippen LogP contribution < -0.4 is 0 Å². The molecule has 54 valence electrons. The minimum Gasteiger partial charge on any atom is -0.300 e. The molecule has 0 bridgehead atoms. The first-order valence-corrected chi connectivity index (χ1v) is 4.36. The Labute approximate surface area is 62.8 Å². The lowest BCUT2D eigenvalue weighted by atomic mass is 10.5. The van der Waals surface area contributed by atoms with Crippen molar-refractivity contribution in [3.05, 3.63) is 0 Å². The van der Waals surface area contributed by atoms with E-state index in [1.54, 1.807) is 0 Å². The van der Waals surface area contributed by atoms with Crippen LogP contribution in [0.25, 0.3) is 0 Å². The molecule has 9 heavy (non-hydrogen) atoms. The van der Waals surface area contributed by atoms with Crippen molar-refractivity contribution in [1.82, 2.24) is 4.90 Å². The molecule has 1 fully saturated rings. The molecule has 0 aromatic heterocycles. The molecule has 0 radical (unpaired) electrons. The highest BCUT2D eigenvalue weighted by atomic mass is 32.1. The molecule has 0 unspecified atom stereocenters. The van der Waals surface area contributed by atoms with Gasteiger partial charge in [-0.15, -0.1) is 0 Å². The second kappa shape index (κ2) is 3.47. The number of rotatable bonds is 4. The third kappa shape index (κ3) is 2.18. The first-order valence-electron chi connectivity index (χ1n) is 3.73. The van der Waals surface area contributed by atoms with E-state index in [1.165, 1.54) is 25.9 Å². The molecule has 1 nitrogen and oxygen atoms in total. The summed E-state index contributed by atoms with van der Waals surface area (Å²) in [6.07, 6.45) is 2.84. The van der Waals surface area contributed by atoms with E-state index in [2.05, 4.69) is 24.5 Å². The average molecular weight is 145 g/mol. The quantitative estimate of drug-likeness (QED) is 0.585. The highest BCUT2D eigenvalue weighted by Crippen LogP contribution is 2.25. The summed E-state index contributed by atoms with van der Waals surface area (Å²) in [4.78, 5) is 2.51. The van der Waals surface area contributed by atoms with Crippen LogP contribution in [0, 0.1) is 0 Å². The molecule has 2 heteroatoms. The van der Waals surface area contributed by atoms with Crippen molar-refractivity contribution >= 4 is 12.6 Å². The highest BCUT2D eigenvalue weighted by Gasteiger charge is 2.26. The zero-order chi connectivity index (χ0) is 6.69. The van der Waals surface area contributed by atoms with Crippen molar-refractivity contribution < 1.29 is 0 Å². The van der Waals surface area contributed by atoms with E-state index in [1.807, 2.05) is 0 Å². The van der Waals surface area contributed by atoms with Crippen LogP contribution >= 0.6 is 12.6 Å². The Morgan fingerprint density at radius 2 is 2.22 bits per heavy atom. The molecule has 0 amide bonds. The number of hydrogen-bond acceptors (Lipinski definition) is 2. The van der Waals surface area contributed by atoms with E-state index < -0.39 is 0 Å². The lowest BCUT2D eigenvalue weighted by Crippen LogP contribution is -2.27. The van der Waals surface area contributed by atoms with Crippen molar-refractivity contribution in [2.24, 2.45) is 0 Å². The van der Waals surface area contributed by atoms with E-state index in [4.69, 9.17) is 0 Å². The topological polar surface area (TPSA) is 3.24 Å². The van der Waals surface area contributed by atoms with Gasteiger partial charge in [0.25, 0.3) is 0 Å². The minimum absolute atomic E-state index is 0.919. The van der Waals surface area contributed by atoms with Gasteiger partial charge in [0.15, 0.2) is 0 Å². The van der Waals surface area contributed by atoms with Gasteiger partial charge in [0.2, 0.25) is 0 Å². The number of thiol groups is 1. The molecule has 0 aromatic carbocycles. The van der Waals surface area contributed by atoms with Crippen molar-refractivity contribution in [2.75, 3.05) is 18.8 Å². The Kier molecular flexibility index (Phi) is 2.86. The molecule has 1 aliphatic rings. The summed E-state index contributed by atoms with van der Waals surface area (Å²) < 4.78 is 0. The lowest BCUT2D eigenvalue weighted by Gasteiger charge is -2.17. The number of hydrogen-bond donors (Lipinski definition) is 1. The fourth-order valence-corrected chi connectivity index (χ4v) is 1.42. The summed E-state index contributed by atoms with van der Waals surface area (Å²) in [6.45, 7) is 4.59. The Bertz CT molecular complexity index is 81.0. The third-order valence-electron chi connectivity index (χ3n) is 1.86. The van der Waals surface area contributed by atoms with Crippen LogP contribution in [0.1, 0.15) is 19.8 Å². The molecule has 1 saturated carbocycles. The van der Waals surface area contributed by atoms with Gasteiger partial charge in [-0.25, -0.2) is 0 Å². The van der Waals surface area contributed by atoms with E-state index in [0.717, 1.165) is 11.8 Å². The van der Waals surface area contributed by atoms with Gasteiger partial charge >= 0.3 is 0 Å². The molecule has 1 aliphatic carbocycles. The predicted molar refractivity (Wildman–Crippen MR) is 44.1 cm³/mol. The number of nitrogens with zero attached hydrogens (tertiary/aromatic N) is 1. The molecule has 0 aromatic rings. The molecule has 1 rings (SSSR count). The van der Waals surface area contributed by atoms with Crippen LogP contribution in [0.3, 0.4) is 0 Å². The normalized spacial score (nSPS) is 19.0. The van der Waals surface area contributed by atoms with E-state index in [-0.39, 0.29) is 0 Å². The van der Waals surface area contributed by atoms with Crippen molar-refractivity contribution in [3.8, 4) is 0 Å². The van der Waals surface area contributed by atoms with Crippen LogP contribution in [0.15, 0.2) is 0 Å². The van der Waals surface area contributed by atoms with E-state index in [9.17, 15) is 0 Å². The van der Waals surface area contributed by atoms with Gasteiger partial charge in [0.1, 0.15) is 0 Å². The van der Waals surface area contributed by atoms with Gasteiger partial charge in [0, 0.05) is 18.3 Å². The molecular formula is C7H15NS. The largest absolute Gasteiger partial charge is 0.300 e. The van der Waals surface area contributed by atoms with Gasteiger partial charge < -0.3 is 0 Å². The monoisotopic (exact) mass is 145 g/mol. The smallest absolute Gasteiger partial charge is 0.00966 e. The fraction of sp³-hybridized carbons (Fsp3) is 1.00. The van der Waals surface area contributed by atoms with E-state index >= 15 is 0 Å². The Morgan fingerprint density at radius 1 is 1.56 bits per heavy atom. The zero-order valence-corrected chi connectivity index (χ0v) is 6.90. The van der Waals surface area contributed by atoms with Crippen LogP contribution in [0.4, 0.5) is 0 Å². The predicted octanol–water partition coefficient (Wildman–Crippen LogP) is 1.40. The second-order valence-electron chi connectivity index (χ2n) is 2.58. The fourth-order valence-electron chi connectivity index (χ4n) is 1.17. The molecule has 0 N–H and O–H groups in total. The van der Waals surface area contributed by atoms with E-state index in [0.29, 0.717) is 0 Å². The third-order valence-corrected chi connectivity index (χ3v) is 2.06. The molecule has 0 aliphatic heterocycles. The highest BCUT2D eigenvalue weighted by molar-refractivity contribution is 7.80. The van der Waals surface area contributed by atoms with Crippen LogP contribution in [-0.2, 0) is 0 Å². The first-order chi connectivity index (χ1) is 4.38.